The number of primary amides is 1. The molecule has 0 saturated heterocycles. The SMILES string of the molecule is CC(C)CN(Cc1ccc(O)c2c1C[C@H]1C[C@H]3C(N(C)C)C(=O)C(C(N)=O)=C(O)[C@@]3(O)C(=O)C1=C2O)CC(C)C. The van der Waals surface area contributed by atoms with Gasteiger partial charge in [-0.2, -0.15) is 0 Å². The van der Waals surface area contributed by atoms with E-state index in [2.05, 4.69) is 32.6 Å². The number of nitrogens with zero attached hydrogens (tertiary/aromatic N) is 2. The van der Waals surface area contributed by atoms with Crippen molar-refractivity contribution >= 4 is 23.2 Å². The van der Waals surface area contributed by atoms with Crippen LogP contribution in [-0.2, 0) is 27.3 Å². The molecule has 1 fully saturated rings. The zero-order chi connectivity index (χ0) is 29.8. The number of hydrogen-bond acceptors (Lipinski definition) is 9. The molecule has 0 heterocycles. The Bertz CT molecular complexity index is 1300. The molecule has 3 aliphatic rings. The molecule has 0 aromatic heterocycles. The van der Waals surface area contributed by atoms with Crippen LogP contribution in [0.25, 0.3) is 5.76 Å². The predicted octanol–water partition coefficient (Wildman–Crippen LogP) is 2.08. The van der Waals surface area contributed by atoms with Gasteiger partial charge in [-0.15, -0.1) is 0 Å². The molecule has 0 radical (unpaired) electrons. The molecular formula is C30H41N3O7. The first-order valence-electron chi connectivity index (χ1n) is 13.8. The monoisotopic (exact) mass is 555 g/mol. The van der Waals surface area contributed by atoms with Crippen molar-refractivity contribution in [1.82, 2.24) is 9.80 Å². The van der Waals surface area contributed by atoms with Crippen LogP contribution in [0.3, 0.4) is 0 Å². The first-order valence-corrected chi connectivity index (χ1v) is 13.8. The summed E-state index contributed by atoms with van der Waals surface area (Å²) >= 11 is 0. The van der Waals surface area contributed by atoms with Gasteiger partial charge in [-0.1, -0.05) is 33.8 Å². The predicted molar refractivity (Wildman–Crippen MR) is 149 cm³/mol. The molecule has 10 heteroatoms. The van der Waals surface area contributed by atoms with E-state index in [0.717, 1.165) is 18.7 Å². The maximum atomic E-state index is 14.0. The molecule has 3 aliphatic carbocycles. The molecule has 4 atom stereocenters. The topological polar surface area (TPSA) is 165 Å². The van der Waals surface area contributed by atoms with Crippen LogP contribution in [0.4, 0.5) is 0 Å². The summed E-state index contributed by atoms with van der Waals surface area (Å²) in [6.07, 6.45) is 0.359. The maximum Gasteiger partial charge on any atom is 0.255 e. The molecule has 10 nitrogen and oxygen atoms in total. The number of benzene rings is 1. The Morgan fingerprint density at radius 2 is 1.68 bits per heavy atom. The van der Waals surface area contributed by atoms with Crippen LogP contribution in [0, 0.1) is 23.7 Å². The minimum absolute atomic E-state index is 0.0720. The van der Waals surface area contributed by atoms with Gasteiger partial charge in [0.05, 0.1) is 11.6 Å². The highest BCUT2D eigenvalue weighted by Gasteiger charge is 2.64. The Morgan fingerprint density at radius 1 is 1.07 bits per heavy atom. The Balaban J connectivity index is 1.87. The van der Waals surface area contributed by atoms with Gasteiger partial charge in [-0.25, -0.2) is 0 Å². The number of nitrogens with two attached hydrogens (primary N) is 1. The number of hydrogen-bond donors (Lipinski definition) is 5. The summed E-state index contributed by atoms with van der Waals surface area (Å²) in [4.78, 5) is 43.2. The lowest BCUT2D eigenvalue weighted by Gasteiger charge is -2.50. The number of likely N-dealkylation sites (N-methyl/N-ethyl adjacent to an activating group) is 1. The Morgan fingerprint density at radius 3 is 2.20 bits per heavy atom. The Labute approximate surface area is 234 Å². The second-order valence-electron chi connectivity index (χ2n) is 12.5. The molecule has 218 valence electrons. The van der Waals surface area contributed by atoms with Gasteiger partial charge in [-0.05, 0) is 61.9 Å². The normalized spacial score (nSPS) is 26.6. The van der Waals surface area contributed by atoms with Crippen molar-refractivity contribution in [2.24, 2.45) is 29.4 Å². The van der Waals surface area contributed by atoms with Crippen molar-refractivity contribution < 1.29 is 34.8 Å². The van der Waals surface area contributed by atoms with Crippen LogP contribution in [-0.4, -0.2) is 86.5 Å². The van der Waals surface area contributed by atoms with Gasteiger partial charge in [0.1, 0.15) is 22.8 Å². The molecule has 6 N–H and O–H groups in total. The maximum absolute atomic E-state index is 14.0. The highest BCUT2D eigenvalue weighted by Crippen LogP contribution is 2.53. The van der Waals surface area contributed by atoms with Gasteiger partial charge in [-0.3, -0.25) is 24.2 Å². The largest absolute Gasteiger partial charge is 0.508 e. The van der Waals surface area contributed by atoms with Crippen molar-refractivity contribution in [3.8, 4) is 5.75 Å². The summed E-state index contributed by atoms with van der Waals surface area (Å²) in [6.45, 7) is 10.9. The summed E-state index contributed by atoms with van der Waals surface area (Å²) in [5.41, 5.74) is 3.54. The third-order valence-corrected chi connectivity index (χ3v) is 8.34. The number of aliphatic hydroxyl groups is 3. The lowest BCUT2D eigenvalue weighted by molar-refractivity contribution is -0.153. The van der Waals surface area contributed by atoms with E-state index in [4.69, 9.17) is 5.73 Å². The van der Waals surface area contributed by atoms with Crippen molar-refractivity contribution in [3.05, 3.63) is 45.7 Å². The quantitative estimate of drug-likeness (QED) is 0.302. The number of carbonyl (C=O) groups excluding carboxylic acids is 3. The van der Waals surface area contributed by atoms with Crippen LogP contribution in [0.1, 0.15) is 50.8 Å². The van der Waals surface area contributed by atoms with Gasteiger partial charge in [0, 0.05) is 31.1 Å². The van der Waals surface area contributed by atoms with Crippen molar-refractivity contribution in [1.29, 1.82) is 0 Å². The number of ketones is 2. The fourth-order valence-corrected chi connectivity index (χ4v) is 6.93. The summed E-state index contributed by atoms with van der Waals surface area (Å²) in [6, 6.07) is 2.22. The highest BCUT2D eigenvalue weighted by atomic mass is 16.3. The molecule has 4 rings (SSSR count). The average Bonchev–Trinajstić information content (AvgIpc) is 2.81. The fraction of sp³-hybridized carbons (Fsp3) is 0.567. The number of phenolic OH excluding ortho intramolecular Hbond substituents is 1. The van der Waals surface area contributed by atoms with E-state index in [9.17, 15) is 34.8 Å². The number of carbonyl (C=O) groups is 3. The summed E-state index contributed by atoms with van der Waals surface area (Å²) in [5.74, 6) is -5.59. The first-order chi connectivity index (χ1) is 18.6. The summed E-state index contributed by atoms with van der Waals surface area (Å²) < 4.78 is 0. The van der Waals surface area contributed by atoms with Gasteiger partial charge in [0.15, 0.2) is 11.4 Å². The molecule has 0 spiro atoms. The zero-order valence-corrected chi connectivity index (χ0v) is 24.1. The molecular weight excluding hydrogens is 514 g/mol. The van der Waals surface area contributed by atoms with Crippen LogP contribution in [0.15, 0.2) is 29.0 Å². The Kier molecular flexibility index (Phi) is 7.92. The van der Waals surface area contributed by atoms with E-state index >= 15 is 0 Å². The standard InChI is InChI=1S/C30H41N3O7/c1-14(2)11-33(12-15(3)4)13-16-7-8-20(34)22-18(16)9-17-10-19-24(32(5)6)26(36)23(29(31)39)28(38)30(19,40)27(37)21(17)25(22)35/h7-8,14-15,17,19,24,34-35,38,40H,9-13H2,1-6H3,(H2,31,39)/t17-,19-,24?,30-/m0/s1. The second-order valence-corrected chi connectivity index (χ2v) is 12.5. The van der Waals surface area contributed by atoms with E-state index in [0.29, 0.717) is 23.9 Å². The van der Waals surface area contributed by atoms with Crippen molar-refractivity contribution in [2.75, 3.05) is 27.2 Å². The lowest BCUT2D eigenvalue weighted by Crippen LogP contribution is -2.65. The fourth-order valence-electron chi connectivity index (χ4n) is 6.93. The minimum atomic E-state index is -2.64. The van der Waals surface area contributed by atoms with Gasteiger partial charge in [0.25, 0.3) is 5.91 Å². The summed E-state index contributed by atoms with van der Waals surface area (Å²) in [5, 5.41) is 45.0. The smallest absolute Gasteiger partial charge is 0.255 e. The van der Waals surface area contributed by atoms with Crippen LogP contribution in [0.2, 0.25) is 0 Å². The van der Waals surface area contributed by atoms with Crippen molar-refractivity contribution in [2.45, 2.75) is 58.7 Å². The number of fused-ring (bicyclic) bond motifs is 3. The number of aromatic hydroxyl groups is 1. The molecule has 1 amide bonds. The molecule has 0 aliphatic heterocycles. The van der Waals surface area contributed by atoms with Crippen LogP contribution < -0.4 is 5.73 Å². The highest BCUT2D eigenvalue weighted by molar-refractivity contribution is 6.24. The van der Waals surface area contributed by atoms with E-state index in [1.165, 1.54) is 11.0 Å². The first kappa shape index (κ1) is 29.8. The van der Waals surface area contributed by atoms with Gasteiger partial charge < -0.3 is 26.2 Å². The molecule has 1 aromatic carbocycles. The minimum Gasteiger partial charge on any atom is -0.508 e. The molecule has 1 aromatic rings. The zero-order valence-electron chi connectivity index (χ0n) is 24.1. The molecule has 1 saturated carbocycles. The van der Waals surface area contributed by atoms with E-state index in [-0.39, 0.29) is 29.7 Å². The number of phenols is 1. The third kappa shape index (κ3) is 4.71. The van der Waals surface area contributed by atoms with E-state index < -0.39 is 58.0 Å². The van der Waals surface area contributed by atoms with Gasteiger partial charge >= 0.3 is 0 Å². The average molecular weight is 556 g/mol. The molecule has 40 heavy (non-hydrogen) atoms. The number of aliphatic hydroxyl groups excluding tert-OH is 2. The number of amides is 1. The summed E-state index contributed by atoms with van der Waals surface area (Å²) in [7, 11) is 3.17. The van der Waals surface area contributed by atoms with Gasteiger partial charge in [0.2, 0.25) is 5.78 Å². The van der Waals surface area contributed by atoms with Crippen molar-refractivity contribution in [3.63, 3.8) is 0 Å². The molecule has 0 bridgehead atoms. The third-order valence-electron chi connectivity index (χ3n) is 8.34. The second kappa shape index (κ2) is 10.6. The number of rotatable bonds is 8. The van der Waals surface area contributed by atoms with Crippen LogP contribution in [0.5, 0.6) is 5.75 Å². The van der Waals surface area contributed by atoms with Crippen LogP contribution >= 0.6 is 0 Å². The molecule has 1 unspecified atom stereocenters. The lowest BCUT2D eigenvalue weighted by atomic mass is 9.57. The Hall–Kier alpha value is -3.21. The van der Waals surface area contributed by atoms with E-state index in [1.807, 2.05) is 6.07 Å². The van der Waals surface area contributed by atoms with E-state index in [1.54, 1.807) is 14.1 Å². The number of Topliss-reactive ketones (excluding diaryl/α,β-unsaturated/α-hetero) is 2.